The minimum Gasteiger partial charge on any atom is -0.461 e. The fourth-order valence-corrected chi connectivity index (χ4v) is 1.94. The van der Waals surface area contributed by atoms with Gasteiger partial charge in [-0.05, 0) is 12.1 Å². The Labute approximate surface area is 102 Å². The first-order valence-electron chi connectivity index (χ1n) is 5.02. The molecule has 0 saturated carbocycles. The second kappa shape index (κ2) is 5.85. The molecule has 0 saturated heterocycles. The van der Waals surface area contributed by atoms with Gasteiger partial charge in [0.2, 0.25) is 11.7 Å². The SMILES string of the molecule is OC[C@H](O)CSCc1nc(-c2ccco2)no1. The van der Waals surface area contributed by atoms with Crippen molar-refractivity contribution < 1.29 is 19.2 Å². The highest BCUT2D eigenvalue weighted by Gasteiger charge is 2.11. The first-order valence-corrected chi connectivity index (χ1v) is 6.18. The number of hydrogen-bond donors (Lipinski definition) is 2. The number of nitrogens with zero attached hydrogens (tertiary/aromatic N) is 2. The van der Waals surface area contributed by atoms with E-state index in [9.17, 15) is 0 Å². The van der Waals surface area contributed by atoms with Gasteiger partial charge in [-0.15, -0.1) is 11.8 Å². The normalized spacial score (nSPS) is 12.8. The smallest absolute Gasteiger partial charge is 0.238 e. The largest absolute Gasteiger partial charge is 0.461 e. The third kappa shape index (κ3) is 3.32. The molecule has 2 N–H and O–H groups in total. The molecule has 0 aliphatic carbocycles. The third-order valence-electron chi connectivity index (χ3n) is 1.96. The molecule has 0 radical (unpaired) electrons. The molecule has 2 aromatic heterocycles. The molecule has 0 unspecified atom stereocenters. The minimum absolute atomic E-state index is 0.242. The highest BCUT2D eigenvalue weighted by Crippen LogP contribution is 2.18. The molecule has 0 spiro atoms. The van der Waals surface area contributed by atoms with Crippen LogP contribution in [0, 0.1) is 0 Å². The molecular formula is C10H12N2O4S. The number of aliphatic hydroxyl groups is 2. The molecule has 0 bridgehead atoms. The van der Waals surface area contributed by atoms with Crippen molar-refractivity contribution in [3.8, 4) is 11.6 Å². The Kier molecular flexibility index (Phi) is 4.18. The number of aliphatic hydroxyl groups excluding tert-OH is 2. The average molecular weight is 256 g/mol. The Balaban J connectivity index is 1.87. The van der Waals surface area contributed by atoms with E-state index in [0.29, 0.717) is 29.0 Å². The van der Waals surface area contributed by atoms with Gasteiger partial charge in [-0.25, -0.2) is 0 Å². The maximum absolute atomic E-state index is 9.14. The highest BCUT2D eigenvalue weighted by molar-refractivity contribution is 7.98. The first kappa shape index (κ1) is 12.2. The van der Waals surface area contributed by atoms with Gasteiger partial charge < -0.3 is 19.2 Å². The van der Waals surface area contributed by atoms with Crippen LogP contribution in [0.4, 0.5) is 0 Å². The van der Waals surface area contributed by atoms with E-state index in [-0.39, 0.29) is 6.61 Å². The molecular weight excluding hydrogens is 244 g/mol. The predicted molar refractivity (Wildman–Crippen MR) is 61.3 cm³/mol. The molecule has 0 aliphatic rings. The van der Waals surface area contributed by atoms with Crippen molar-refractivity contribution in [2.45, 2.75) is 11.9 Å². The molecule has 0 fully saturated rings. The Morgan fingerprint density at radius 1 is 1.47 bits per heavy atom. The van der Waals surface area contributed by atoms with Crippen molar-refractivity contribution in [2.24, 2.45) is 0 Å². The third-order valence-corrected chi connectivity index (χ3v) is 3.03. The van der Waals surface area contributed by atoms with Gasteiger partial charge in [-0.2, -0.15) is 4.98 Å². The minimum atomic E-state index is -0.715. The maximum Gasteiger partial charge on any atom is 0.238 e. The molecule has 92 valence electrons. The van der Waals surface area contributed by atoms with Crippen LogP contribution >= 0.6 is 11.8 Å². The summed E-state index contributed by atoms with van der Waals surface area (Å²) in [6.07, 6.45) is 0.824. The van der Waals surface area contributed by atoms with E-state index in [2.05, 4.69) is 10.1 Å². The van der Waals surface area contributed by atoms with Crippen LogP contribution in [0.2, 0.25) is 0 Å². The molecule has 2 heterocycles. The zero-order chi connectivity index (χ0) is 12.1. The van der Waals surface area contributed by atoms with Gasteiger partial charge in [0, 0.05) is 5.75 Å². The van der Waals surface area contributed by atoms with Crippen LogP contribution in [0.3, 0.4) is 0 Å². The molecule has 6 nitrogen and oxygen atoms in total. The summed E-state index contributed by atoms with van der Waals surface area (Å²) >= 11 is 1.41. The van der Waals surface area contributed by atoms with Crippen molar-refractivity contribution in [3.63, 3.8) is 0 Å². The molecule has 2 rings (SSSR count). The number of thioether (sulfide) groups is 1. The van der Waals surface area contributed by atoms with E-state index >= 15 is 0 Å². The lowest BCUT2D eigenvalue weighted by Gasteiger charge is -2.03. The quantitative estimate of drug-likeness (QED) is 0.793. The number of rotatable bonds is 6. The number of hydrogen-bond acceptors (Lipinski definition) is 7. The summed E-state index contributed by atoms with van der Waals surface area (Å²) < 4.78 is 10.1. The molecule has 1 atom stereocenters. The highest BCUT2D eigenvalue weighted by atomic mass is 32.2. The van der Waals surface area contributed by atoms with Gasteiger partial charge >= 0.3 is 0 Å². The molecule has 0 amide bonds. The van der Waals surface area contributed by atoms with Crippen LogP contribution in [0.1, 0.15) is 5.89 Å². The van der Waals surface area contributed by atoms with Gasteiger partial charge in [-0.3, -0.25) is 0 Å². The zero-order valence-corrected chi connectivity index (χ0v) is 9.76. The molecule has 0 aliphatic heterocycles. The zero-order valence-electron chi connectivity index (χ0n) is 8.94. The van der Waals surface area contributed by atoms with Gasteiger partial charge in [-0.1, -0.05) is 5.16 Å². The van der Waals surface area contributed by atoms with Crippen LogP contribution in [0.25, 0.3) is 11.6 Å². The monoisotopic (exact) mass is 256 g/mol. The summed E-state index contributed by atoms with van der Waals surface area (Å²) in [5.74, 6) is 2.35. The van der Waals surface area contributed by atoms with E-state index < -0.39 is 6.10 Å². The van der Waals surface area contributed by atoms with E-state index in [4.69, 9.17) is 19.2 Å². The van der Waals surface area contributed by atoms with Crippen LogP contribution in [-0.4, -0.2) is 38.8 Å². The fourth-order valence-electron chi connectivity index (χ4n) is 1.15. The van der Waals surface area contributed by atoms with E-state index in [0.717, 1.165) is 0 Å². The Morgan fingerprint density at radius 3 is 3.06 bits per heavy atom. The predicted octanol–water partition coefficient (Wildman–Crippen LogP) is 0.916. The molecule has 17 heavy (non-hydrogen) atoms. The lowest BCUT2D eigenvalue weighted by atomic mass is 10.4. The first-order chi connectivity index (χ1) is 8.29. The second-order valence-electron chi connectivity index (χ2n) is 3.34. The van der Waals surface area contributed by atoms with Crippen LogP contribution in [0.5, 0.6) is 0 Å². The summed E-state index contributed by atoms with van der Waals surface area (Å²) in [6.45, 7) is -0.242. The van der Waals surface area contributed by atoms with Gasteiger partial charge in [0.25, 0.3) is 0 Å². The van der Waals surface area contributed by atoms with Crippen molar-refractivity contribution in [1.82, 2.24) is 10.1 Å². The lowest BCUT2D eigenvalue weighted by Crippen LogP contribution is -2.14. The van der Waals surface area contributed by atoms with Crippen LogP contribution in [-0.2, 0) is 5.75 Å². The summed E-state index contributed by atoms with van der Waals surface area (Å²) in [7, 11) is 0. The van der Waals surface area contributed by atoms with Crippen molar-refractivity contribution in [3.05, 3.63) is 24.3 Å². The summed E-state index contributed by atoms with van der Waals surface area (Å²) in [4.78, 5) is 4.14. The van der Waals surface area contributed by atoms with E-state index in [1.165, 1.54) is 18.0 Å². The summed E-state index contributed by atoms with van der Waals surface area (Å²) in [5, 5.41) is 21.5. The number of aromatic nitrogens is 2. The van der Waals surface area contributed by atoms with Crippen molar-refractivity contribution in [1.29, 1.82) is 0 Å². The summed E-state index contributed by atoms with van der Waals surface area (Å²) in [5.41, 5.74) is 0. The number of furan rings is 1. The standard InChI is InChI=1S/C10H12N2O4S/c13-4-7(14)5-17-6-9-11-10(12-16-9)8-2-1-3-15-8/h1-3,7,13-14H,4-6H2/t7-/m0/s1. The van der Waals surface area contributed by atoms with Gasteiger partial charge in [0.1, 0.15) is 0 Å². The van der Waals surface area contributed by atoms with Crippen molar-refractivity contribution in [2.75, 3.05) is 12.4 Å². The second-order valence-corrected chi connectivity index (χ2v) is 4.37. The van der Waals surface area contributed by atoms with E-state index in [1.807, 2.05) is 0 Å². The average Bonchev–Trinajstić information content (AvgIpc) is 2.98. The molecule has 0 aromatic carbocycles. The Hall–Kier alpha value is -1.31. The lowest BCUT2D eigenvalue weighted by molar-refractivity contribution is 0.113. The van der Waals surface area contributed by atoms with E-state index in [1.54, 1.807) is 12.1 Å². The van der Waals surface area contributed by atoms with Crippen molar-refractivity contribution >= 4 is 11.8 Å². The fraction of sp³-hybridized carbons (Fsp3) is 0.400. The maximum atomic E-state index is 9.14. The topological polar surface area (TPSA) is 92.5 Å². The molecule has 7 heteroatoms. The van der Waals surface area contributed by atoms with Crippen LogP contribution in [0.15, 0.2) is 27.3 Å². The van der Waals surface area contributed by atoms with Gasteiger partial charge in [0.05, 0.1) is 24.7 Å². The van der Waals surface area contributed by atoms with Gasteiger partial charge in [0.15, 0.2) is 5.76 Å². The van der Waals surface area contributed by atoms with Crippen LogP contribution < -0.4 is 0 Å². The molecule has 2 aromatic rings. The Bertz CT molecular complexity index is 443. The summed E-state index contributed by atoms with van der Waals surface area (Å²) in [6, 6.07) is 3.50. The Morgan fingerprint density at radius 2 is 2.35 bits per heavy atom.